The molecule has 0 aromatic heterocycles. The summed E-state index contributed by atoms with van der Waals surface area (Å²) in [5, 5.41) is 12.0. The Morgan fingerprint density at radius 3 is 2.43 bits per heavy atom. The Morgan fingerprint density at radius 2 is 1.76 bits per heavy atom. The van der Waals surface area contributed by atoms with Gasteiger partial charge in [-0.2, -0.15) is 0 Å². The average molecular weight is 296 g/mol. The molecular formula is C16H28N2O3. The third-order valence-corrected chi connectivity index (χ3v) is 4.65. The molecule has 120 valence electrons. The molecule has 1 atom stereocenters. The molecule has 5 nitrogen and oxygen atoms in total. The zero-order valence-corrected chi connectivity index (χ0v) is 12.9. The van der Waals surface area contributed by atoms with Crippen molar-refractivity contribution in [2.75, 3.05) is 19.6 Å². The number of hydrogen-bond donors (Lipinski definition) is 2. The molecule has 0 aromatic rings. The normalized spacial score (nSPS) is 25.2. The van der Waals surface area contributed by atoms with Crippen molar-refractivity contribution in [1.29, 1.82) is 0 Å². The highest BCUT2D eigenvalue weighted by Crippen LogP contribution is 2.20. The molecule has 0 radical (unpaired) electrons. The lowest BCUT2D eigenvalue weighted by molar-refractivity contribution is -0.138. The van der Waals surface area contributed by atoms with E-state index in [1.54, 1.807) is 0 Å². The summed E-state index contributed by atoms with van der Waals surface area (Å²) in [7, 11) is 0. The van der Waals surface area contributed by atoms with Crippen LogP contribution in [0.15, 0.2) is 0 Å². The highest BCUT2D eigenvalue weighted by Gasteiger charge is 2.24. The first kappa shape index (κ1) is 16.3. The van der Waals surface area contributed by atoms with Crippen molar-refractivity contribution in [3.05, 3.63) is 0 Å². The van der Waals surface area contributed by atoms with Gasteiger partial charge in [0.05, 0.1) is 6.54 Å². The summed E-state index contributed by atoms with van der Waals surface area (Å²) in [6, 6.07) is 0.347. The first-order chi connectivity index (χ1) is 10.1. The molecule has 2 rings (SSSR count). The van der Waals surface area contributed by atoms with Crippen molar-refractivity contribution >= 4 is 11.9 Å². The lowest BCUT2D eigenvalue weighted by Crippen LogP contribution is -2.45. The van der Waals surface area contributed by atoms with Crippen LogP contribution in [0.3, 0.4) is 0 Å². The number of aliphatic carboxylic acids is 1. The Balaban J connectivity index is 1.72. The molecule has 0 spiro atoms. The van der Waals surface area contributed by atoms with Gasteiger partial charge >= 0.3 is 5.97 Å². The second-order valence-electron chi connectivity index (χ2n) is 6.60. The number of piperidine rings is 1. The van der Waals surface area contributed by atoms with Crippen LogP contribution in [0.4, 0.5) is 0 Å². The minimum absolute atomic E-state index is 0.109. The third kappa shape index (κ3) is 6.04. The maximum Gasteiger partial charge on any atom is 0.303 e. The predicted molar refractivity (Wildman–Crippen MR) is 81.0 cm³/mol. The average Bonchev–Trinajstić information content (AvgIpc) is 2.66. The van der Waals surface area contributed by atoms with Crippen LogP contribution in [0, 0.1) is 5.92 Å². The van der Waals surface area contributed by atoms with Gasteiger partial charge in [-0.3, -0.25) is 14.5 Å². The zero-order chi connectivity index (χ0) is 15.1. The van der Waals surface area contributed by atoms with E-state index in [-0.39, 0.29) is 18.2 Å². The molecule has 1 amide bonds. The molecule has 21 heavy (non-hydrogen) atoms. The quantitative estimate of drug-likeness (QED) is 0.762. The standard InChI is InChI=1S/C16H28N2O3/c19-15(17-14-7-3-1-2-4-8-14)12-18-9-5-6-13(11-18)10-16(20)21/h13-14H,1-12H2,(H,17,19)(H,20,21). The summed E-state index contributed by atoms with van der Waals surface area (Å²) in [6.45, 7) is 2.07. The van der Waals surface area contributed by atoms with E-state index in [0.29, 0.717) is 12.6 Å². The van der Waals surface area contributed by atoms with E-state index in [9.17, 15) is 9.59 Å². The fourth-order valence-electron chi connectivity index (χ4n) is 3.61. The Bertz CT molecular complexity index is 351. The van der Waals surface area contributed by atoms with Crippen molar-refractivity contribution < 1.29 is 14.7 Å². The second-order valence-corrected chi connectivity index (χ2v) is 6.60. The van der Waals surface area contributed by atoms with Gasteiger partial charge in [-0.25, -0.2) is 0 Å². The first-order valence-corrected chi connectivity index (χ1v) is 8.37. The lowest BCUT2D eigenvalue weighted by atomic mass is 9.95. The monoisotopic (exact) mass is 296 g/mol. The van der Waals surface area contributed by atoms with Crippen molar-refractivity contribution in [3.8, 4) is 0 Å². The van der Waals surface area contributed by atoms with Gasteiger partial charge in [0, 0.05) is 19.0 Å². The summed E-state index contributed by atoms with van der Waals surface area (Å²) in [4.78, 5) is 25.1. The van der Waals surface area contributed by atoms with Gasteiger partial charge < -0.3 is 10.4 Å². The maximum absolute atomic E-state index is 12.2. The summed E-state index contributed by atoms with van der Waals surface area (Å²) in [5.41, 5.74) is 0. The first-order valence-electron chi connectivity index (χ1n) is 8.37. The maximum atomic E-state index is 12.2. The molecule has 0 aromatic carbocycles. The minimum Gasteiger partial charge on any atom is -0.481 e. The number of nitrogens with one attached hydrogen (secondary N) is 1. The SMILES string of the molecule is O=C(O)CC1CCCN(CC(=O)NC2CCCCCC2)C1. The summed E-state index contributed by atoms with van der Waals surface area (Å²) >= 11 is 0. The molecule has 1 unspecified atom stereocenters. The van der Waals surface area contributed by atoms with Crippen LogP contribution in [-0.2, 0) is 9.59 Å². The highest BCUT2D eigenvalue weighted by molar-refractivity contribution is 5.78. The Kier molecular flexibility index (Phi) is 6.49. The molecule has 5 heteroatoms. The molecule has 2 N–H and O–H groups in total. The number of hydrogen-bond acceptors (Lipinski definition) is 3. The van der Waals surface area contributed by atoms with Crippen molar-refractivity contribution in [2.24, 2.45) is 5.92 Å². The number of nitrogens with zero attached hydrogens (tertiary/aromatic N) is 1. The van der Waals surface area contributed by atoms with Gasteiger partial charge in [0.15, 0.2) is 0 Å². The van der Waals surface area contributed by atoms with Crippen LogP contribution in [0.2, 0.25) is 0 Å². The van der Waals surface area contributed by atoms with E-state index in [2.05, 4.69) is 10.2 Å². The van der Waals surface area contributed by atoms with E-state index in [1.165, 1.54) is 25.7 Å². The number of carboxylic acids is 1. The largest absolute Gasteiger partial charge is 0.481 e. The van der Waals surface area contributed by atoms with Gasteiger partial charge in [0.25, 0.3) is 0 Å². The van der Waals surface area contributed by atoms with Crippen LogP contribution in [0.25, 0.3) is 0 Å². The Labute approximate surface area is 127 Å². The van der Waals surface area contributed by atoms with Crippen molar-refractivity contribution in [3.63, 3.8) is 0 Å². The second kappa shape index (κ2) is 8.37. The number of likely N-dealkylation sites (tertiary alicyclic amines) is 1. The third-order valence-electron chi connectivity index (χ3n) is 4.65. The number of carbonyl (C=O) groups is 2. The fraction of sp³-hybridized carbons (Fsp3) is 0.875. The Hall–Kier alpha value is -1.10. The van der Waals surface area contributed by atoms with E-state index in [1.807, 2.05) is 0 Å². The molecule has 1 heterocycles. The van der Waals surface area contributed by atoms with Crippen LogP contribution in [-0.4, -0.2) is 47.6 Å². The van der Waals surface area contributed by atoms with E-state index < -0.39 is 5.97 Å². The zero-order valence-electron chi connectivity index (χ0n) is 12.9. The topological polar surface area (TPSA) is 69.6 Å². The number of carboxylic acid groups (broad SMARTS) is 1. The van der Waals surface area contributed by atoms with Gasteiger partial charge in [0.1, 0.15) is 0 Å². The van der Waals surface area contributed by atoms with E-state index in [0.717, 1.165) is 38.8 Å². The molecule has 1 saturated heterocycles. The molecular weight excluding hydrogens is 268 g/mol. The molecule has 2 aliphatic rings. The van der Waals surface area contributed by atoms with Crippen molar-refractivity contribution in [1.82, 2.24) is 10.2 Å². The fourth-order valence-corrected chi connectivity index (χ4v) is 3.61. The van der Waals surface area contributed by atoms with Gasteiger partial charge in [-0.1, -0.05) is 25.7 Å². The molecule has 0 bridgehead atoms. The molecule has 1 saturated carbocycles. The summed E-state index contributed by atoms with van der Waals surface area (Å²) in [5.74, 6) is -0.426. The molecule has 2 fully saturated rings. The summed E-state index contributed by atoms with van der Waals surface area (Å²) in [6.07, 6.45) is 9.40. The lowest BCUT2D eigenvalue weighted by Gasteiger charge is -2.31. The van der Waals surface area contributed by atoms with Crippen LogP contribution < -0.4 is 5.32 Å². The molecule has 1 aliphatic carbocycles. The smallest absolute Gasteiger partial charge is 0.303 e. The van der Waals surface area contributed by atoms with Crippen LogP contribution in [0.1, 0.15) is 57.8 Å². The van der Waals surface area contributed by atoms with E-state index in [4.69, 9.17) is 5.11 Å². The Morgan fingerprint density at radius 1 is 1.05 bits per heavy atom. The van der Waals surface area contributed by atoms with Gasteiger partial charge in [-0.05, 0) is 38.1 Å². The molecule has 1 aliphatic heterocycles. The number of rotatable bonds is 5. The predicted octanol–water partition coefficient (Wildman–Crippen LogP) is 2.01. The van der Waals surface area contributed by atoms with Gasteiger partial charge in [-0.15, -0.1) is 0 Å². The highest BCUT2D eigenvalue weighted by atomic mass is 16.4. The number of carbonyl (C=O) groups excluding carboxylic acids is 1. The van der Waals surface area contributed by atoms with E-state index >= 15 is 0 Å². The van der Waals surface area contributed by atoms with Crippen LogP contribution in [0.5, 0.6) is 0 Å². The van der Waals surface area contributed by atoms with Crippen molar-refractivity contribution in [2.45, 2.75) is 63.8 Å². The van der Waals surface area contributed by atoms with Crippen LogP contribution >= 0.6 is 0 Å². The minimum atomic E-state index is -0.732. The number of amides is 1. The van der Waals surface area contributed by atoms with Gasteiger partial charge in [0.2, 0.25) is 5.91 Å². The summed E-state index contributed by atoms with van der Waals surface area (Å²) < 4.78 is 0.